The Bertz CT molecular complexity index is 1070. The van der Waals surface area contributed by atoms with Crippen molar-refractivity contribution in [2.75, 3.05) is 13.7 Å². The number of aryl methyl sites for hydroxylation is 1. The number of alkyl halides is 3. The molecule has 0 spiro atoms. The molecule has 0 aliphatic rings. The first kappa shape index (κ1) is 22.2. The van der Waals surface area contributed by atoms with Crippen LogP contribution in [0.15, 0.2) is 66.7 Å². The summed E-state index contributed by atoms with van der Waals surface area (Å²) < 4.78 is 48.1. The Hall–Kier alpha value is -3.54. The van der Waals surface area contributed by atoms with Gasteiger partial charge in [0.2, 0.25) is 0 Å². The summed E-state index contributed by atoms with van der Waals surface area (Å²) in [5.41, 5.74) is 3.72. The fourth-order valence-corrected chi connectivity index (χ4v) is 2.96. The highest BCUT2D eigenvalue weighted by atomic mass is 19.4. The molecule has 31 heavy (non-hydrogen) atoms. The maximum Gasteiger partial charge on any atom is 0.416 e. The Morgan fingerprint density at radius 3 is 1.97 bits per heavy atom. The van der Waals surface area contributed by atoms with E-state index in [1.165, 1.54) is 19.2 Å². The normalized spacial score (nSPS) is 11.5. The van der Waals surface area contributed by atoms with E-state index in [2.05, 4.69) is 4.74 Å². The van der Waals surface area contributed by atoms with Gasteiger partial charge in [0.15, 0.2) is 6.61 Å². The van der Waals surface area contributed by atoms with Crippen LogP contribution in [0.4, 0.5) is 13.2 Å². The van der Waals surface area contributed by atoms with Crippen LogP contribution in [0.1, 0.15) is 22.3 Å². The van der Waals surface area contributed by atoms with Crippen LogP contribution in [0.5, 0.6) is 5.75 Å². The number of esters is 1. The lowest BCUT2D eigenvalue weighted by molar-refractivity contribution is -0.143. The molecule has 0 heterocycles. The molecule has 6 heteroatoms. The zero-order valence-electron chi connectivity index (χ0n) is 17.1. The van der Waals surface area contributed by atoms with Crippen molar-refractivity contribution in [1.82, 2.24) is 0 Å². The summed E-state index contributed by atoms with van der Waals surface area (Å²) >= 11 is 0. The average Bonchev–Trinajstić information content (AvgIpc) is 2.76. The Balaban J connectivity index is 1.67. The molecule has 3 aromatic carbocycles. The van der Waals surface area contributed by atoms with Gasteiger partial charge in [-0.05, 0) is 59.0 Å². The van der Waals surface area contributed by atoms with E-state index in [-0.39, 0.29) is 6.61 Å². The highest BCUT2D eigenvalue weighted by molar-refractivity contribution is 5.73. The molecule has 0 radical (unpaired) electrons. The monoisotopic (exact) mass is 426 g/mol. The van der Waals surface area contributed by atoms with Crippen molar-refractivity contribution in [1.29, 1.82) is 0 Å². The molecule has 160 valence electrons. The number of hydrogen-bond donors (Lipinski definition) is 0. The minimum Gasteiger partial charge on any atom is -0.482 e. The summed E-state index contributed by atoms with van der Waals surface area (Å²) in [5.74, 6) is 0.173. The van der Waals surface area contributed by atoms with Gasteiger partial charge in [0, 0.05) is 0 Å². The quantitative estimate of drug-likeness (QED) is 0.338. The lowest BCUT2D eigenvalue weighted by Gasteiger charge is -2.09. The SMILES string of the molecule is COC(=O)COc1ccc(/C=C/c2ccc(-c3ccc(C(F)(F)F)cc3)cc2)cc1C. The van der Waals surface area contributed by atoms with Gasteiger partial charge in [-0.1, -0.05) is 54.6 Å². The van der Waals surface area contributed by atoms with Crippen molar-refractivity contribution in [2.45, 2.75) is 13.1 Å². The first-order chi connectivity index (χ1) is 14.8. The Labute approximate surface area is 178 Å². The van der Waals surface area contributed by atoms with Crippen molar-refractivity contribution in [2.24, 2.45) is 0 Å². The fraction of sp³-hybridized carbons (Fsp3) is 0.160. The van der Waals surface area contributed by atoms with Gasteiger partial charge in [0.25, 0.3) is 0 Å². The number of halogens is 3. The van der Waals surface area contributed by atoms with Crippen LogP contribution in [-0.4, -0.2) is 19.7 Å². The molecule has 0 saturated heterocycles. The van der Waals surface area contributed by atoms with Gasteiger partial charge >= 0.3 is 12.1 Å². The van der Waals surface area contributed by atoms with Gasteiger partial charge in [-0.15, -0.1) is 0 Å². The smallest absolute Gasteiger partial charge is 0.416 e. The molecule has 0 atom stereocenters. The van der Waals surface area contributed by atoms with E-state index < -0.39 is 17.7 Å². The number of benzene rings is 3. The van der Waals surface area contributed by atoms with Crippen LogP contribution in [0.3, 0.4) is 0 Å². The Morgan fingerprint density at radius 1 is 0.871 bits per heavy atom. The Morgan fingerprint density at radius 2 is 1.42 bits per heavy atom. The fourth-order valence-electron chi connectivity index (χ4n) is 2.96. The van der Waals surface area contributed by atoms with Gasteiger partial charge in [-0.25, -0.2) is 4.79 Å². The third-order valence-electron chi connectivity index (χ3n) is 4.70. The average molecular weight is 426 g/mol. The van der Waals surface area contributed by atoms with Crippen molar-refractivity contribution in [3.05, 3.63) is 89.0 Å². The highest BCUT2D eigenvalue weighted by Gasteiger charge is 2.29. The van der Waals surface area contributed by atoms with Gasteiger partial charge in [0.05, 0.1) is 12.7 Å². The second-order valence-electron chi connectivity index (χ2n) is 6.92. The predicted molar refractivity (Wildman–Crippen MR) is 114 cm³/mol. The number of carbonyl (C=O) groups excluding carboxylic acids is 1. The van der Waals surface area contributed by atoms with Crippen LogP contribution in [0.25, 0.3) is 23.3 Å². The molecule has 0 saturated carbocycles. The maximum absolute atomic E-state index is 12.7. The first-order valence-electron chi connectivity index (χ1n) is 9.52. The third-order valence-corrected chi connectivity index (χ3v) is 4.70. The van der Waals surface area contributed by atoms with Crippen molar-refractivity contribution < 1.29 is 27.4 Å². The predicted octanol–water partition coefficient (Wildman–Crippen LogP) is 6.40. The standard InChI is InChI=1S/C25H21F3O3/c1-17-15-19(7-14-23(17)31-16-24(29)30-2)4-3-18-5-8-20(9-6-18)21-10-12-22(13-11-21)25(26,27)28/h3-15H,16H2,1-2H3/b4-3+. The largest absolute Gasteiger partial charge is 0.482 e. The van der Waals surface area contributed by atoms with Crippen molar-refractivity contribution in [3.63, 3.8) is 0 Å². The molecule has 0 amide bonds. The zero-order valence-corrected chi connectivity index (χ0v) is 17.1. The molecule has 3 nitrogen and oxygen atoms in total. The van der Waals surface area contributed by atoms with Crippen LogP contribution < -0.4 is 4.74 Å². The minimum absolute atomic E-state index is 0.141. The minimum atomic E-state index is -4.34. The molecule has 0 N–H and O–H groups in total. The van der Waals surface area contributed by atoms with Crippen LogP contribution >= 0.6 is 0 Å². The molecule has 0 aliphatic carbocycles. The van der Waals surface area contributed by atoms with Gasteiger partial charge in [-0.3, -0.25) is 0 Å². The van der Waals surface area contributed by atoms with Crippen LogP contribution in [0, 0.1) is 6.92 Å². The van der Waals surface area contributed by atoms with E-state index in [0.29, 0.717) is 5.75 Å². The summed E-state index contributed by atoms with van der Waals surface area (Å²) in [6.07, 6.45) is -0.443. The van der Waals surface area contributed by atoms with E-state index >= 15 is 0 Å². The summed E-state index contributed by atoms with van der Waals surface area (Å²) in [7, 11) is 1.31. The molecule has 3 rings (SSSR count). The number of rotatable bonds is 6. The van der Waals surface area contributed by atoms with Crippen LogP contribution in [-0.2, 0) is 15.7 Å². The molecule has 0 aromatic heterocycles. The molecular formula is C25H21F3O3. The molecule has 0 unspecified atom stereocenters. The Kier molecular flexibility index (Phi) is 6.80. The van der Waals surface area contributed by atoms with Gasteiger partial charge in [0.1, 0.15) is 5.75 Å². The summed E-state index contributed by atoms with van der Waals surface area (Å²) in [6, 6.07) is 18.3. The molecule has 0 bridgehead atoms. The van der Waals surface area contributed by atoms with Crippen molar-refractivity contribution in [3.8, 4) is 16.9 Å². The number of methoxy groups -OCH3 is 1. The number of carbonyl (C=O) groups is 1. The molecule has 0 aliphatic heterocycles. The third kappa shape index (κ3) is 5.98. The zero-order chi connectivity index (χ0) is 22.4. The van der Waals surface area contributed by atoms with E-state index in [9.17, 15) is 18.0 Å². The van der Waals surface area contributed by atoms with Crippen LogP contribution in [0.2, 0.25) is 0 Å². The van der Waals surface area contributed by atoms with Gasteiger partial charge in [-0.2, -0.15) is 13.2 Å². The second-order valence-corrected chi connectivity index (χ2v) is 6.92. The lowest BCUT2D eigenvalue weighted by atomic mass is 10.0. The van der Waals surface area contributed by atoms with E-state index in [1.807, 2.05) is 55.5 Å². The summed E-state index contributed by atoms with van der Waals surface area (Å²) in [5, 5.41) is 0. The van der Waals surface area contributed by atoms with Gasteiger partial charge < -0.3 is 9.47 Å². The molecule has 0 fully saturated rings. The highest BCUT2D eigenvalue weighted by Crippen LogP contribution is 2.31. The lowest BCUT2D eigenvalue weighted by Crippen LogP contribution is -2.12. The molecule has 3 aromatic rings. The second kappa shape index (κ2) is 9.51. The topological polar surface area (TPSA) is 35.5 Å². The summed E-state index contributed by atoms with van der Waals surface area (Å²) in [4.78, 5) is 11.2. The summed E-state index contributed by atoms with van der Waals surface area (Å²) in [6.45, 7) is 1.75. The van der Waals surface area contributed by atoms with E-state index in [0.717, 1.165) is 39.9 Å². The number of hydrogen-bond acceptors (Lipinski definition) is 3. The first-order valence-corrected chi connectivity index (χ1v) is 9.52. The van der Waals surface area contributed by atoms with E-state index in [4.69, 9.17) is 4.74 Å². The van der Waals surface area contributed by atoms with Crippen molar-refractivity contribution >= 4 is 18.1 Å². The number of ether oxygens (including phenoxy) is 2. The molecular weight excluding hydrogens is 405 g/mol. The van der Waals surface area contributed by atoms with E-state index in [1.54, 1.807) is 6.07 Å². The maximum atomic E-state index is 12.7.